The Labute approximate surface area is 171 Å². The van der Waals surface area contributed by atoms with Crippen LogP contribution in [0.1, 0.15) is 17.0 Å². The highest BCUT2D eigenvalue weighted by Gasteiger charge is 2.34. The first kappa shape index (κ1) is 19.0. The minimum absolute atomic E-state index is 0.0148. The average Bonchev–Trinajstić information content (AvgIpc) is 3.11. The van der Waals surface area contributed by atoms with Gasteiger partial charge in [0.25, 0.3) is 5.69 Å². The molecule has 1 aliphatic heterocycles. The number of carbonyl (C=O) groups is 1. The van der Waals surface area contributed by atoms with Crippen molar-refractivity contribution in [2.75, 3.05) is 17.3 Å². The van der Waals surface area contributed by atoms with Crippen LogP contribution in [0.3, 0.4) is 0 Å². The molecule has 3 aromatic carbocycles. The molecule has 0 bridgehead atoms. The highest BCUT2D eigenvalue weighted by atomic mass is 35.5. The van der Waals surface area contributed by atoms with Gasteiger partial charge in [0.2, 0.25) is 0 Å². The molecule has 0 aliphatic carbocycles. The molecule has 29 heavy (non-hydrogen) atoms. The van der Waals surface area contributed by atoms with Crippen LogP contribution in [0.15, 0.2) is 54.6 Å². The number of nitrogens with zero attached hydrogens (tertiary/aromatic N) is 2. The maximum Gasteiger partial charge on any atom is 0.411 e. The first-order chi connectivity index (χ1) is 14.0. The summed E-state index contributed by atoms with van der Waals surface area (Å²) < 4.78 is 6.01. The molecule has 0 saturated carbocycles. The average molecular weight is 413 g/mol. The van der Waals surface area contributed by atoms with Gasteiger partial charge in [-0.15, -0.1) is 11.6 Å². The summed E-state index contributed by atoms with van der Waals surface area (Å²) in [7, 11) is 0. The quantitative estimate of drug-likeness (QED) is 0.355. The van der Waals surface area contributed by atoms with E-state index in [4.69, 9.17) is 16.3 Å². The lowest BCUT2D eigenvalue weighted by Gasteiger charge is -2.17. The molecule has 0 saturated heterocycles. The van der Waals surface area contributed by atoms with Crippen LogP contribution in [-0.2, 0) is 6.61 Å². The molecule has 0 spiro atoms. The summed E-state index contributed by atoms with van der Waals surface area (Å²) in [5.74, 6) is 0.791. The molecule has 8 heteroatoms. The molecule has 0 radical (unpaired) electrons. The van der Waals surface area contributed by atoms with E-state index in [0.717, 1.165) is 21.9 Å². The summed E-state index contributed by atoms with van der Waals surface area (Å²) in [6, 6.07) is 15.5. The monoisotopic (exact) mass is 412 g/mol. The number of hydrogen-bond donors (Lipinski definition) is 1. The molecule has 1 heterocycles. The number of halogens is 1. The number of rotatable bonds is 5. The van der Waals surface area contributed by atoms with Gasteiger partial charge < -0.3 is 9.84 Å². The molecule has 0 fully saturated rings. The van der Waals surface area contributed by atoms with Crippen LogP contribution in [0, 0.1) is 10.1 Å². The summed E-state index contributed by atoms with van der Waals surface area (Å²) in [6.07, 6.45) is -1.03. The van der Waals surface area contributed by atoms with Crippen LogP contribution < -0.4 is 9.64 Å². The van der Waals surface area contributed by atoms with Crippen LogP contribution >= 0.6 is 11.6 Å². The Bertz CT molecular complexity index is 1100. The number of hydrogen-bond acceptors (Lipinski definition) is 4. The third-order valence-electron chi connectivity index (χ3n) is 5.09. The van der Waals surface area contributed by atoms with Crippen LogP contribution in [0.4, 0.5) is 16.2 Å². The molecule has 1 aliphatic rings. The third kappa shape index (κ3) is 3.45. The van der Waals surface area contributed by atoms with Crippen LogP contribution in [0.25, 0.3) is 10.8 Å². The standard InChI is InChI=1S/C21H17ClN2O5/c22-10-14-11-23(21(25)26)18-9-19(16-3-1-2-4-17(16)20(14)18)29-12-13-5-7-15(8-6-13)24(27)28/h1-9,14H,10-12H2,(H,25,26). The van der Waals surface area contributed by atoms with Crippen LogP contribution in [0.5, 0.6) is 5.75 Å². The second kappa shape index (κ2) is 7.60. The largest absolute Gasteiger partial charge is 0.488 e. The molecule has 1 amide bonds. The highest BCUT2D eigenvalue weighted by molar-refractivity contribution is 6.19. The van der Waals surface area contributed by atoms with Gasteiger partial charge >= 0.3 is 6.09 Å². The van der Waals surface area contributed by atoms with Gasteiger partial charge in [-0.3, -0.25) is 15.0 Å². The van der Waals surface area contributed by atoms with Crippen molar-refractivity contribution >= 4 is 39.8 Å². The Morgan fingerprint density at radius 2 is 1.90 bits per heavy atom. The van der Waals surface area contributed by atoms with E-state index in [-0.39, 0.29) is 18.2 Å². The molecular weight excluding hydrogens is 396 g/mol. The van der Waals surface area contributed by atoms with Crippen LogP contribution in [0.2, 0.25) is 0 Å². The number of benzene rings is 3. The van der Waals surface area contributed by atoms with E-state index in [2.05, 4.69) is 0 Å². The van der Waals surface area contributed by atoms with Gasteiger partial charge in [-0.05, 0) is 28.6 Å². The first-order valence-corrected chi connectivity index (χ1v) is 9.51. The van der Waals surface area contributed by atoms with Crippen molar-refractivity contribution in [3.63, 3.8) is 0 Å². The van der Waals surface area contributed by atoms with E-state index in [9.17, 15) is 20.0 Å². The number of carboxylic acid groups (broad SMARTS) is 1. The number of nitro benzene ring substituents is 1. The Morgan fingerprint density at radius 3 is 2.52 bits per heavy atom. The second-order valence-corrected chi connectivity index (χ2v) is 7.12. The van der Waals surface area contributed by atoms with Crippen molar-refractivity contribution in [3.05, 3.63) is 75.8 Å². The van der Waals surface area contributed by atoms with Gasteiger partial charge in [-0.25, -0.2) is 4.79 Å². The molecule has 3 aromatic rings. The highest BCUT2D eigenvalue weighted by Crippen LogP contribution is 2.45. The third-order valence-corrected chi connectivity index (χ3v) is 5.46. The molecule has 148 valence electrons. The number of fused-ring (bicyclic) bond motifs is 3. The second-order valence-electron chi connectivity index (χ2n) is 6.81. The zero-order valence-electron chi connectivity index (χ0n) is 15.2. The Balaban J connectivity index is 1.72. The van der Waals surface area contributed by atoms with Gasteiger partial charge in [0.1, 0.15) is 12.4 Å². The van der Waals surface area contributed by atoms with Gasteiger partial charge in [-0.1, -0.05) is 24.3 Å². The fourth-order valence-corrected chi connectivity index (χ4v) is 3.97. The summed E-state index contributed by atoms with van der Waals surface area (Å²) in [5, 5.41) is 22.2. The van der Waals surface area contributed by atoms with E-state index in [1.54, 1.807) is 18.2 Å². The van der Waals surface area contributed by atoms with Crippen LogP contribution in [-0.4, -0.2) is 28.5 Å². The minimum Gasteiger partial charge on any atom is -0.488 e. The normalized spacial score (nSPS) is 15.3. The lowest BCUT2D eigenvalue weighted by Crippen LogP contribution is -2.28. The number of anilines is 1. The number of ether oxygens (including phenoxy) is 1. The van der Waals surface area contributed by atoms with Crippen molar-refractivity contribution in [1.82, 2.24) is 0 Å². The maximum atomic E-state index is 11.7. The molecule has 1 atom stereocenters. The smallest absolute Gasteiger partial charge is 0.411 e. The molecule has 1 unspecified atom stereocenters. The summed E-state index contributed by atoms with van der Waals surface area (Å²) in [5.41, 5.74) is 2.29. The van der Waals surface area contributed by atoms with Crippen molar-refractivity contribution in [3.8, 4) is 5.75 Å². The first-order valence-electron chi connectivity index (χ1n) is 8.97. The van der Waals surface area contributed by atoms with Gasteiger partial charge in [0.15, 0.2) is 0 Å². The topological polar surface area (TPSA) is 92.9 Å². The van der Waals surface area contributed by atoms with E-state index in [1.165, 1.54) is 17.0 Å². The number of alkyl halides is 1. The number of non-ortho nitro benzene ring substituents is 1. The molecule has 7 nitrogen and oxygen atoms in total. The Kier molecular flexibility index (Phi) is 4.98. The van der Waals surface area contributed by atoms with E-state index in [0.29, 0.717) is 23.9 Å². The maximum absolute atomic E-state index is 11.7. The minimum atomic E-state index is -1.03. The van der Waals surface area contributed by atoms with Crippen molar-refractivity contribution in [2.24, 2.45) is 0 Å². The summed E-state index contributed by atoms with van der Waals surface area (Å²) in [4.78, 5) is 23.4. The molecule has 4 rings (SSSR count). The summed E-state index contributed by atoms with van der Waals surface area (Å²) >= 11 is 6.12. The van der Waals surface area contributed by atoms with Crippen molar-refractivity contribution < 1.29 is 19.6 Å². The molecule has 0 aromatic heterocycles. The Hall–Kier alpha value is -3.32. The summed E-state index contributed by atoms with van der Waals surface area (Å²) in [6.45, 7) is 0.511. The number of nitro groups is 1. The predicted molar refractivity (Wildman–Crippen MR) is 110 cm³/mol. The zero-order valence-corrected chi connectivity index (χ0v) is 16.0. The van der Waals surface area contributed by atoms with Crippen molar-refractivity contribution in [2.45, 2.75) is 12.5 Å². The van der Waals surface area contributed by atoms with E-state index >= 15 is 0 Å². The van der Waals surface area contributed by atoms with Gasteiger partial charge in [0.05, 0.1) is 10.6 Å². The van der Waals surface area contributed by atoms with Gasteiger partial charge in [0, 0.05) is 41.9 Å². The number of amides is 1. The molecular formula is C21H17ClN2O5. The van der Waals surface area contributed by atoms with Gasteiger partial charge in [-0.2, -0.15) is 0 Å². The van der Waals surface area contributed by atoms with E-state index < -0.39 is 11.0 Å². The SMILES string of the molecule is O=C(O)N1CC(CCl)c2c1cc(OCc1ccc([N+](=O)[O-])cc1)c1ccccc21. The molecule has 1 N–H and O–H groups in total. The zero-order chi connectivity index (χ0) is 20.5. The van der Waals surface area contributed by atoms with Crippen molar-refractivity contribution in [1.29, 1.82) is 0 Å². The lowest BCUT2D eigenvalue weighted by molar-refractivity contribution is -0.384. The lowest BCUT2D eigenvalue weighted by atomic mass is 9.95. The fourth-order valence-electron chi connectivity index (χ4n) is 3.71. The predicted octanol–water partition coefficient (Wildman–Crippen LogP) is 5.15. The fraction of sp³-hybridized carbons (Fsp3) is 0.190. The van der Waals surface area contributed by atoms with E-state index in [1.807, 2.05) is 24.3 Å². The Morgan fingerprint density at radius 1 is 1.21 bits per heavy atom.